The zero-order valence-corrected chi connectivity index (χ0v) is 10.5. The second-order valence-electron chi connectivity index (χ2n) is 4.04. The highest BCUT2D eigenvalue weighted by molar-refractivity contribution is 6.17. The molecule has 0 atom stereocenters. The van der Waals surface area contributed by atoms with Crippen LogP contribution in [0.2, 0.25) is 0 Å². The van der Waals surface area contributed by atoms with Crippen LogP contribution in [0.15, 0.2) is 54.6 Å². The van der Waals surface area contributed by atoms with Gasteiger partial charge in [0.05, 0.1) is 0 Å². The van der Waals surface area contributed by atoms with Gasteiger partial charge in [0.2, 0.25) is 0 Å². The van der Waals surface area contributed by atoms with E-state index in [1.807, 2.05) is 6.07 Å². The highest BCUT2D eigenvalue weighted by Crippen LogP contribution is 2.07. The quantitative estimate of drug-likeness (QED) is 0.792. The molecule has 0 aliphatic carbocycles. The van der Waals surface area contributed by atoms with Gasteiger partial charge >= 0.3 is 0 Å². The van der Waals surface area contributed by atoms with E-state index in [1.54, 1.807) is 0 Å². The molecule has 0 spiro atoms. The maximum absolute atomic E-state index is 5.75. The third-order valence-corrected chi connectivity index (χ3v) is 2.99. The Labute approximate surface area is 107 Å². The van der Waals surface area contributed by atoms with Gasteiger partial charge in [-0.2, -0.15) is 0 Å². The molecule has 2 rings (SSSR count). The second kappa shape index (κ2) is 6.43. The van der Waals surface area contributed by atoms with E-state index in [2.05, 4.69) is 53.8 Å². The molecule has 0 heterocycles. The molecule has 0 aliphatic rings. The first-order valence-electron chi connectivity index (χ1n) is 5.77. The van der Waals surface area contributed by atoms with Crippen molar-refractivity contribution in [2.24, 2.45) is 0 Å². The predicted molar refractivity (Wildman–Crippen MR) is 73.0 cm³/mol. The fourth-order valence-electron chi connectivity index (χ4n) is 1.69. The maximum atomic E-state index is 5.75. The van der Waals surface area contributed by atoms with Crippen LogP contribution in [0.3, 0.4) is 0 Å². The van der Waals surface area contributed by atoms with Crippen molar-refractivity contribution >= 4 is 11.6 Å². The number of hydrogen-bond donors (Lipinski definition) is 1. The molecule has 88 valence electrons. The SMILES string of the molecule is ClCc1ccc(CNCc2ccccc2)cc1. The maximum Gasteiger partial charge on any atom is 0.0474 e. The average molecular weight is 246 g/mol. The highest BCUT2D eigenvalue weighted by Gasteiger charge is 1.94. The van der Waals surface area contributed by atoms with E-state index in [1.165, 1.54) is 16.7 Å². The molecular weight excluding hydrogens is 230 g/mol. The first kappa shape index (κ1) is 12.2. The van der Waals surface area contributed by atoms with Crippen molar-refractivity contribution in [3.05, 3.63) is 71.3 Å². The largest absolute Gasteiger partial charge is 0.309 e. The summed E-state index contributed by atoms with van der Waals surface area (Å²) in [5.74, 6) is 0.581. The average Bonchev–Trinajstić information content (AvgIpc) is 2.41. The summed E-state index contributed by atoms with van der Waals surface area (Å²) in [5.41, 5.74) is 3.76. The van der Waals surface area contributed by atoms with E-state index in [9.17, 15) is 0 Å². The van der Waals surface area contributed by atoms with Crippen molar-refractivity contribution in [3.8, 4) is 0 Å². The lowest BCUT2D eigenvalue weighted by Gasteiger charge is -2.05. The Hall–Kier alpha value is -1.31. The summed E-state index contributed by atoms with van der Waals surface area (Å²) >= 11 is 5.75. The monoisotopic (exact) mass is 245 g/mol. The molecule has 2 aromatic rings. The van der Waals surface area contributed by atoms with Crippen LogP contribution in [0, 0.1) is 0 Å². The van der Waals surface area contributed by atoms with Gasteiger partial charge in [-0.3, -0.25) is 0 Å². The molecule has 0 saturated carbocycles. The lowest BCUT2D eigenvalue weighted by molar-refractivity contribution is 0.693. The molecule has 0 fully saturated rings. The molecule has 0 unspecified atom stereocenters. The Morgan fingerprint density at radius 1 is 0.706 bits per heavy atom. The smallest absolute Gasteiger partial charge is 0.0474 e. The van der Waals surface area contributed by atoms with Crippen LogP contribution < -0.4 is 5.32 Å². The minimum Gasteiger partial charge on any atom is -0.309 e. The number of hydrogen-bond acceptors (Lipinski definition) is 1. The highest BCUT2D eigenvalue weighted by atomic mass is 35.5. The summed E-state index contributed by atoms with van der Waals surface area (Å²) < 4.78 is 0. The molecule has 1 nitrogen and oxygen atoms in total. The van der Waals surface area contributed by atoms with Crippen LogP contribution in [0.4, 0.5) is 0 Å². The predicted octanol–water partition coefficient (Wildman–Crippen LogP) is 3.72. The molecule has 0 bridgehead atoms. The molecule has 1 N–H and O–H groups in total. The lowest BCUT2D eigenvalue weighted by atomic mass is 10.1. The molecule has 0 aromatic heterocycles. The van der Waals surface area contributed by atoms with Crippen molar-refractivity contribution in [2.45, 2.75) is 19.0 Å². The minimum atomic E-state index is 0.581. The van der Waals surface area contributed by atoms with Gasteiger partial charge in [0.1, 0.15) is 0 Å². The fourth-order valence-corrected chi connectivity index (χ4v) is 1.87. The minimum absolute atomic E-state index is 0.581. The van der Waals surface area contributed by atoms with Gasteiger partial charge in [0.15, 0.2) is 0 Å². The molecule has 17 heavy (non-hydrogen) atoms. The van der Waals surface area contributed by atoms with Crippen LogP contribution in [0.1, 0.15) is 16.7 Å². The van der Waals surface area contributed by atoms with Crippen LogP contribution in [0.5, 0.6) is 0 Å². The van der Waals surface area contributed by atoms with Crippen molar-refractivity contribution in [3.63, 3.8) is 0 Å². The van der Waals surface area contributed by atoms with Gasteiger partial charge in [-0.15, -0.1) is 11.6 Å². The van der Waals surface area contributed by atoms with Gasteiger partial charge < -0.3 is 5.32 Å². The number of rotatable bonds is 5. The van der Waals surface area contributed by atoms with E-state index in [-0.39, 0.29) is 0 Å². The zero-order valence-electron chi connectivity index (χ0n) is 9.70. The van der Waals surface area contributed by atoms with Crippen molar-refractivity contribution in [1.82, 2.24) is 5.32 Å². The second-order valence-corrected chi connectivity index (χ2v) is 4.31. The number of benzene rings is 2. The zero-order chi connectivity index (χ0) is 11.9. The summed E-state index contributed by atoms with van der Waals surface area (Å²) in [7, 11) is 0. The number of halogens is 1. The summed E-state index contributed by atoms with van der Waals surface area (Å²) in [4.78, 5) is 0. The Kier molecular flexibility index (Phi) is 4.60. The van der Waals surface area contributed by atoms with E-state index < -0.39 is 0 Å². The van der Waals surface area contributed by atoms with Crippen LogP contribution in [-0.4, -0.2) is 0 Å². The summed E-state index contributed by atoms with van der Waals surface area (Å²) in [6.07, 6.45) is 0. The van der Waals surface area contributed by atoms with E-state index in [4.69, 9.17) is 11.6 Å². The Morgan fingerprint density at radius 3 is 1.82 bits per heavy atom. The van der Waals surface area contributed by atoms with Crippen molar-refractivity contribution in [2.75, 3.05) is 0 Å². The molecule has 0 amide bonds. The number of alkyl halides is 1. The molecule has 0 saturated heterocycles. The van der Waals surface area contributed by atoms with E-state index >= 15 is 0 Å². The standard InChI is InChI=1S/C15H16ClN/c16-10-13-6-8-15(9-7-13)12-17-11-14-4-2-1-3-5-14/h1-9,17H,10-12H2. The summed E-state index contributed by atoms with van der Waals surface area (Å²) in [5, 5.41) is 3.42. The van der Waals surface area contributed by atoms with E-state index in [0.717, 1.165) is 13.1 Å². The van der Waals surface area contributed by atoms with Gasteiger partial charge in [-0.1, -0.05) is 54.6 Å². The number of nitrogens with one attached hydrogen (secondary N) is 1. The Balaban J connectivity index is 1.82. The van der Waals surface area contributed by atoms with Crippen LogP contribution in [-0.2, 0) is 19.0 Å². The molecule has 0 radical (unpaired) electrons. The lowest BCUT2D eigenvalue weighted by Crippen LogP contribution is -2.12. The van der Waals surface area contributed by atoms with Crippen molar-refractivity contribution < 1.29 is 0 Å². The van der Waals surface area contributed by atoms with Crippen LogP contribution in [0.25, 0.3) is 0 Å². The summed E-state index contributed by atoms with van der Waals surface area (Å²) in [6.45, 7) is 1.79. The van der Waals surface area contributed by atoms with Gasteiger partial charge in [-0.25, -0.2) is 0 Å². The van der Waals surface area contributed by atoms with Gasteiger partial charge in [-0.05, 0) is 16.7 Å². The third kappa shape index (κ3) is 3.88. The first-order chi connectivity index (χ1) is 8.38. The molecule has 2 heteroatoms. The first-order valence-corrected chi connectivity index (χ1v) is 6.30. The van der Waals surface area contributed by atoms with Crippen LogP contribution >= 0.6 is 11.6 Å². The molecule has 2 aromatic carbocycles. The molecular formula is C15H16ClN. The van der Waals surface area contributed by atoms with Gasteiger partial charge in [0, 0.05) is 19.0 Å². The normalized spacial score (nSPS) is 10.4. The Bertz CT molecular complexity index is 436. The summed E-state index contributed by atoms with van der Waals surface area (Å²) in [6, 6.07) is 18.8. The van der Waals surface area contributed by atoms with Gasteiger partial charge in [0.25, 0.3) is 0 Å². The Morgan fingerprint density at radius 2 is 1.24 bits per heavy atom. The topological polar surface area (TPSA) is 12.0 Å². The fraction of sp³-hybridized carbons (Fsp3) is 0.200. The van der Waals surface area contributed by atoms with Crippen molar-refractivity contribution in [1.29, 1.82) is 0 Å². The third-order valence-electron chi connectivity index (χ3n) is 2.68. The molecule has 0 aliphatic heterocycles. The van der Waals surface area contributed by atoms with E-state index in [0.29, 0.717) is 5.88 Å².